The Balaban J connectivity index is 1.43. The number of hydrogen-bond donors (Lipinski definition) is 2. The van der Waals surface area contributed by atoms with Gasteiger partial charge in [-0.05, 0) is 34.4 Å². The Labute approximate surface area is 178 Å². The van der Waals surface area contributed by atoms with E-state index in [1.165, 1.54) is 0 Å². The maximum Gasteiger partial charge on any atom is 0.326 e. The van der Waals surface area contributed by atoms with Crippen molar-refractivity contribution in [2.45, 2.75) is 18.4 Å². The lowest BCUT2D eigenvalue weighted by Crippen LogP contribution is -2.44. The summed E-state index contributed by atoms with van der Waals surface area (Å²) < 4.78 is 0. The van der Waals surface area contributed by atoms with Gasteiger partial charge in [0.15, 0.2) is 0 Å². The summed E-state index contributed by atoms with van der Waals surface area (Å²) in [7, 11) is 0. The Morgan fingerprint density at radius 2 is 1.45 bits per heavy atom. The molecule has 0 saturated heterocycles. The third kappa shape index (κ3) is 3.42. The topological polar surface area (TPSA) is 92.2 Å². The van der Waals surface area contributed by atoms with E-state index in [1.807, 2.05) is 72.8 Å². The number of nitrogens with zero attached hydrogens (tertiary/aromatic N) is 2. The van der Waals surface area contributed by atoms with Crippen LogP contribution < -0.4 is 5.32 Å². The molecule has 6 nitrogen and oxygen atoms in total. The van der Waals surface area contributed by atoms with Gasteiger partial charge in [-0.3, -0.25) is 9.78 Å². The largest absolute Gasteiger partial charge is 0.480 e. The molecule has 0 fully saturated rings. The summed E-state index contributed by atoms with van der Waals surface area (Å²) in [6.45, 7) is 0. The maximum atomic E-state index is 13.3. The molecule has 0 aliphatic heterocycles. The van der Waals surface area contributed by atoms with Crippen LogP contribution in [0.1, 0.15) is 22.7 Å². The van der Waals surface area contributed by atoms with E-state index in [-0.39, 0.29) is 12.3 Å². The number of para-hydroxylation sites is 2. The van der Waals surface area contributed by atoms with Gasteiger partial charge < -0.3 is 10.4 Å². The average Bonchev–Trinajstić information content (AvgIpc) is 3.13. The molecule has 1 atom stereocenters. The summed E-state index contributed by atoms with van der Waals surface area (Å²) in [6.07, 6.45) is 1.61. The highest BCUT2D eigenvalue weighted by atomic mass is 16.4. The molecule has 1 aliphatic carbocycles. The summed E-state index contributed by atoms with van der Waals surface area (Å²) in [6, 6.07) is 21.8. The number of benzene rings is 3. The molecular weight excluding hydrogens is 390 g/mol. The summed E-state index contributed by atoms with van der Waals surface area (Å²) >= 11 is 0. The van der Waals surface area contributed by atoms with Gasteiger partial charge in [-0.15, -0.1) is 0 Å². The fourth-order valence-corrected chi connectivity index (χ4v) is 4.20. The molecular formula is C25H19N3O3. The lowest BCUT2D eigenvalue weighted by Gasteiger charge is -2.19. The van der Waals surface area contributed by atoms with Crippen molar-refractivity contribution in [1.29, 1.82) is 0 Å². The monoisotopic (exact) mass is 409 g/mol. The number of fused-ring (bicyclic) bond motifs is 4. The first-order valence-corrected chi connectivity index (χ1v) is 10.0. The molecule has 152 valence electrons. The molecule has 3 aromatic carbocycles. The van der Waals surface area contributed by atoms with Crippen LogP contribution >= 0.6 is 0 Å². The van der Waals surface area contributed by atoms with Crippen molar-refractivity contribution in [2.75, 3.05) is 0 Å². The first-order valence-electron chi connectivity index (χ1n) is 10.0. The molecule has 0 bridgehead atoms. The van der Waals surface area contributed by atoms with E-state index in [4.69, 9.17) is 0 Å². The summed E-state index contributed by atoms with van der Waals surface area (Å²) in [5, 5.41) is 12.5. The van der Waals surface area contributed by atoms with Crippen LogP contribution in [0.5, 0.6) is 0 Å². The summed E-state index contributed by atoms with van der Waals surface area (Å²) in [5.74, 6) is -1.99. The molecule has 0 saturated carbocycles. The second-order valence-electron chi connectivity index (χ2n) is 7.56. The van der Waals surface area contributed by atoms with Gasteiger partial charge in [0.2, 0.25) is 5.91 Å². The number of carboxylic acids is 1. The first kappa shape index (κ1) is 18.9. The van der Waals surface area contributed by atoms with Crippen molar-refractivity contribution in [3.8, 4) is 11.1 Å². The Bertz CT molecular complexity index is 1270. The summed E-state index contributed by atoms with van der Waals surface area (Å²) in [4.78, 5) is 34.1. The molecule has 6 heteroatoms. The van der Waals surface area contributed by atoms with E-state index >= 15 is 0 Å². The van der Waals surface area contributed by atoms with Gasteiger partial charge in [-0.1, -0.05) is 60.7 Å². The zero-order chi connectivity index (χ0) is 21.4. The van der Waals surface area contributed by atoms with E-state index in [0.29, 0.717) is 11.2 Å². The van der Waals surface area contributed by atoms with Crippen LogP contribution in [0.3, 0.4) is 0 Å². The third-order valence-corrected chi connectivity index (χ3v) is 5.62. The minimum Gasteiger partial charge on any atom is -0.480 e. The highest BCUT2D eigenvalue weighted by Gasteiger charge is 2.35. The molecule has 0 unspecified atom stereocenters. The van der Waals surface area contributed by atoms with Gasteiger partial charge in [0.05, 0.1) is 22.6 Å². The standard InChI is InChI=1S/C25H19N3O3/c29-24(23-18-9-3-1-7-16(18)17-8-2-4-10-19(17)23)28-22(25(30)31)13-15-14-26-20-11-5-6-12-21(20)27-15/h1-12,14,22-23H,13H2,(H,28,29)(H,30,31)/t22-/m1/s1. The van der Waals surface area contributed by atoms with Crippen molar-refractivity contribution in [3.63, 3.8) is 0 Å². The lowest BCUT2D eigenvalue weighted by molar-refractivity contribution is -0.141. The van der Waals surface area contributed by atoms with Gasteiger partial charge in [0.1, 0.15) is 6.04 Å². The third-order valence-electron chi connectivity index (χ3n) is 5.62. The van der Waals surface area contributed by atoms with Gasteiger partial charge >= 0.3 is 5.97 Å². The second kappa shape index (κ2) is 7.65. The fourth-order valence-electron chi connectivity index (χ4n) is 4.20. The quantitative estimate of drug-likeness (QED) is 0.526. The number of aliphatic carboxylic acids is 1. The van der Waals surface area contributed by atoms with Gasteiger partial charge in [-0.2, -0.15) is 0 Å². The van der Waals surface area contributed by atoms with E-state index in [2.05, 4.69) is 15.3 Å². The van der Waals surface area contributed by atoms with Crippen LogP contribution in [0.25, 0.3) is 22.2 Å². The van der Waals surface area contributed by atoms with Gasteiger partial charge in [0.25, 0.3) is 0 Å². The first-order chi connectivity index (χ1) is 15.1. The smallest absolute Gasteiger partial charge is 0.326 e. The molecule has 2 N–H and O–H groups in total. The molecule has 5 rings (SSSR count). The van der Waals surface area contributed by atoms with E-state index < -0.39 is 17.9 Å². The predicted molar refractivity (Wildman–Crippen MR) is 117 cm³/mol. The Morgan fingerprint density at radius 3 is 2.10 bits per heavy atom. The SMILES string of the molecule is O=C(N[C@H](Cc1cnc2ccccc2n1)C(=O)O)C1c2ccccc2-c2ccccc21. The van der Waals surface area contributed by atoms with Crippen molar-refractivity contribution in [3.05, 3.63) is 95.8 Å². The van der Waals surface area contributed by atoms with E-state index in [0.717, 1.165) is 27.8 Å². The number of nitrogens with one attached hydrogen (secondary N) is 1. The number of carbonyl (C=O) groups is 2. The molecule has 1 amide bonds. The van der Waals surface area contributed by atoms with Crippen LogP contribution in [-0.2, 0) is 16.0 Å². The number of carboxylic acid groups (broad SMARTS) is 1. The molecule has 0 spiro atoms. The zero-order valence-electron chi connectivity index (χ0n) is 16.5. The molecule has 4 aromatic rings. The number of amides is 1. The lowest BCUT2D eigenvalue weighted by atomic mass is 9.95. The molecule has 1 aromatic heterocycles. The number of carbonyl (C=O) groups excluding carboxylic acids is 1. The van der Waals surface area contributed by atoms with Crippen molar-refractivity contribution < 1.29 is 14.7 Å². The molecule has 31 heavy (non-hydrogen) atoms. The molecule has 1 heterocycles. The summed E-state index contributed by atoms with van der Waals surface area (Å²) in [5.41, 5.74) is 5.72. The van der Waals surface area contributed by atoms with Crippen LogP contribution in [0.15, 0.2) is 79.0 Å². The van der Waals surface area contributed by atoms with Crippen molar-refractivity contribution in [1.82, 2.24) is 15.3 Å². The Morgan fingerprint density at radius 1 is 0.871 bits per heavy atom. The highest BCUT2D eigenvalue weighted by Crippen LogP contribution is 2.44. The van der Waals surface area contributed by atoms with Crippen LogP contribution in [0, 0.1) is 0 Å². The van der Waals surface area contributed by atoms with Crippen LogP contribution in [0.4, 0.5) is 0 Å². The van der Waals surface area contributed by atoms with E-state index in [1.54, 1.807) is 6.20 Å². The predicted octanol–water partition coefficient (Wildman–Crippen LogP) is 3.55. The van der Waals surface area contributed by atoms with Gasteiger partial charge in [0, 0.05) is 12.6 Å². The normalized spacial score (nSPS) is 13.4. The molecule has 1 aliphatic rings. The minimum atomic E-state index is -1.11. The number of rotatable bonds is 5. The number of hydrogen-bond acceptors (Lipinski definition) is 4. The van der Waals surface area contributed by atoms with Crippen molar-refractivity contribution >= 4 is 22.9 Å². The van der Waals surface area contributed by atoms with Crippen LogP contribution in [0.2, 0.25) is 0 Å². The van der Waals surface area contributed by atoms with Crippen LogP contribution in [-0.4, -0.2) is 33.0 Å². The Kier molecular flexibility index (Phi) is 4.67. The Hall–Kier alpha value is -4.06. The van der Waals surface area contributed by atoms with E-state index in [9.17, 15) is 14.7 Å². The fraction of sp³-hybridized carbons (Fsp3) is 0.120. The minimum absolute atomic E-state index is 0.0505. The number of aromatic nitrogens is 2. The zero-order valence-corrected chi connectivity index (χ0v) is 16.5. The van der Waals surface area contributed by atoms with Crippen molar-refractivity contribution in [2.24, 2.45) is 0 Å². The maximum absolute atomic E-state index is 13.3. The highest BCUT2D eigenvalue weighted by molar-refractivity contribution is 5.97. The molecule has 0 radical (unpaired) electrons. The second-order valence-corrected chi connectivity index (χ2v) is 7.56. The van der Waals surface area contributed by atoms with Gasteiger partial charge in [-0.25, -0.2) is 9.78 Å². The average molecular weight is 409 g/mol.